The molecule has 0 spiro atoms. The average molecular weight is 143 g/mol. The Morgan fingerprint density at radius 2 is 2.20 bits per heavy atom. The van der Waals surface area contributed by atoms with Gasteiger partial charge in [0.15, 0.2) is 0 Å². The summed E-state index contributed by atoms with van der Waals surface area (Å²) in [6.07, 6.45) is 6.56. The third-order valence-corrected chi connectivity index (χ3v) is 2.41. The van der Waals surface area contributed by atoms with Crippen molar-refractivity contribution < 1.29 is 4.84 Å². The fourth-order valence-corrected chi connectivity index (χ4v) is 1.37. The maximum atomic E-state index is 5.03. The van der Waals surface area contributed by atoms with E-state index in [9.17, 15) is 0 Å². The molecule has 0 bridgehead atoms. The highest BCUT2D eigenvalue weighted by Crippen LogP contribution is 2.49. The van der Waals surface area contributed by atoms with Crippen LogP contribution < -0.4 is 5.90 Å². The van der Waals surface area contributed by atoms with Gasteiger partial charge in [0.2, 0.25) is 0 Å². The number of rotatable bonds is 5. The Morgan fingerprint density at radius 3 is 2.60 bits per heavy atom. The smallest absolute Gasteiger partial charge is 0.0735 e. The van der Waals surface area contributed by atoms with Crippen molar-refractivity contribution >= 4 is 0 Å². The Morgan fingerprint density at radius 1 is 1.50 bits per heavy atom. The monoisotopic (exact) mass is 143 g/mol. The van der Waals surface area contributed by atoms with Crippen LogP contribution in [0.1, 0.15) is 39.0 Å². The van der Waals surface area contributed by atoms with Crippen molar-refractivity contribution in [2.75, 3.05) is 6.61 Å². The molecule has 1 aliphatic carbocycles. The SMILES string of the molecule is CCCCC1(CON)CC1. The van der Waals surface area contributed by atoms with Gasteiger partial charge in [0.25, 0.3) is 0 Å². The summed E-state index contributed by atoms with van der Waals surface area (Å²) in [4.78, 5) is 4.67. The Balaban J connectivity index is 2.11. The van der Waals surface area contributed by atoms with Crippen LogP contribution in [0.2, 0.25) is 0 Å². The Kier molecular flexibility index (Phi) is 2.69. The van der Waals surface area contributed by atoms with E-state index in [1.54, 1.807) is 0 Å². The normalized spacial score (nSPS) is 21.0. The molecule has 0 aromatic rings. The van der Waals surface area contributed by atoms with Crippen LogP contribution in [0.3, 0.4) is 0 Å². The third-order valence-electron chi connectivity index (χ3n) is 2.41. The molecule has 1 fully saturated rings. The zero-order chi connectivity index (χ0) is 7.45. The molecule has 2 heteroatoms. The first-order valence-corrected chi connectivity index (χ1v) is 4.15. The van der Waals surface area contributed by atoms with Gasteiger partial charge < -0.3 is 4.84 Å². The fraction of sp³-hybridized carbons (Fsp3) is 1.00. The second kappa shape index (κ2) is 3.35. The van der Waals surface area contributed by atoms with E-state index in [1.165, 1.54) is 32.1 Å². The van der Waals surface area contributed by atoms with Crippen molar-refractivity contribution in [3.05, 3.63) is 0 Å². The number of hydrogen-bond acceptors (Lipinski definition) is 2. The Bertz CT molecular complexity index is 99.4. The van der Waals surface area contributed by atoms with Gasteiger partial charge in [-0.25, -0.2) is 5.90 Å². The van der Waals surface area contributed by atoms with Gasteiger partial charge in [-0.3, -0.25) is 0 Å². The minimum atomic E-state index is 0.505. The van der Waals surface area contributed by atoms with Crippen LogP contribution >= 0.6 is 0 Å². The Hall–Kier alpha value is -0.0800. The maximum absolute atomic E-state index is 5.03. The zero-order valence-electron chi connectivity index (χ0n) is 6.73. The van der Waals surface area contributed by atoms with E-state index in [1.807, 2.05) is 0 Å². The Labute approximate surface area is 62.7 Å². The van der Waals surface area contributed by atoms with Gasteiger partial charge in [-0.15, -0.1) is 0 Å². The second-order valence-corrected chi connectivity index (χ2v) is 3.41. The van der Waals surface area contributed by atoms with Crippen LogP contribution in [-0.4, -0.2) is 6.61 Å². The van der Waals surface area contributed by atoms with Gasteiger partial charge in [0, 0.05) is 0 Å². The summed E-state index contributed by atoms with van der Waals surface area (Å²) in [6, 6.07) is 0. The lowest BCUT2D eigenvalue weighted by atomic mass is 10.0. The quantitative estimate of drug-likeness (QED) is 0.596. The first-order chi connectivity index (χ1) is 4.83. The van der Waals surface area contributed by atoms with E-state index < -0.39 is 0 Å². The first kappa shape index (κ1) is 8.02. The van der Waals surface area contributed by atoms with Crippen LogP contribution in [-0.2, 0) is 4.84 Å². The van der Waals surface area contributed by atoms with Crippen LogP contribution in [0, 0.1) is 5.41 Å². The van der Waals surface area contributed by atoms with E-state index in [0.29, 0.717) is 5.41 Å². The van der Waals surface area contributed by atoms with E-state index in [4.69, 9.17) is 5.90 Å². The number of hydrogen-bond donors (Lipinski definition) is 1. The van der Waals surface area contributed by atoms with Crippen molar-refractivity contribution in [1.82, 2.24) is 0 Å². The first-order valence-electron chi connectivity index (χ1n) is 4.15. The fourth-order valence-electron chi connectivity index (χ4n) is 1.37. The second-order valence-electron chi connectivity index (χ2n) is 3.41. The lowest BCUT2D eigenvalue weighted by Gasteiger charge is -2.11. The predicted octanol–water partition coefficient (Wildman–Crippen LogP) is 1.85. The van der Waals surface area contributed by atoms with E-state index in [-0.39, 0.29) is 0 Å². The lowest BCUT2D eigenvalue weighted by molar-refractivity contribution is 0.0871. The molecule has 0 aromatic heterocycles. The molecule has 0 heterocycles. The van der Waals surface area contributed by atoms with Crippen LogP contribution in [0.5, 0.6) is 0 Å². The van der Waals surface area contributed by atoms with Gasteiger partial charge in [-0.05, 0) is 24.7 Å². The number of unbranched alkanes of at least 4 members (excludes halogenated alkanes) is 1. The highest BCUT2D eigenvalue weighted by atomic mass is 16.6. The summed E-state index contributed by atoms with van der Waals surface area (Å²) < 4.78 is 0. The number of nitrogens with two attached hydrogens (primary N) is 1. The molecule has 0 atom stereocenters. The summed E-state index contributed by atoms with van der Waals surface area (Å²) in [7, 11) is 0. The molecule has 1 aliphatic rings. The van der Waals surface area contributed by atoms with Gasteiger partial charge in [-0.1, -0.05) is 19.8 Å². The molecule has 10 heavy (non-hydrogen) atoms. The van der Waals surface area contributed by atoms with Gasteiger partial charge in [0.1, 0.15) is 0 Å². The molecule has 0 unspecified atom stereocenters. The summed E-state index contributed by atoms with van der Waals surface area (Å²) >= 11 is 0. The lowest BCUT2D eigenvalue weighted by Crippen LogP contribution is -2.13. The van der Waals surface area contributed by atoms with Crippen molar-refractivity contribution in [2.45, 2.75) is 39.0 Å². The average Bonchev–Trinajstić information content (AvgIpc) is 2.67. The van der Waals surface area contributed by atoms with E-state index >= 15 is 0 Å². The molecule has 1 rings (SSSR count). The molecule has 2 N–H and O–H groups in total. The maximum Gasteiger partial charge on any atom is 0.0735 e. The zero-order valence-corrected chi connectivity index (χ0v) is 6.73. The van der Waals surface area contributed by atoms with Crippen molar-refractivity contribution in [3.63, 3.8) is 0 Å². The minimum absolute atomic E-state index is 0.505. The van der Waals surface area contributed by atoms with Crippen LogP contribution in [0.4, 0.5) is 0 Å². The largest absolute Gasteiger partial charge is 0.304 e. The molecule has 0 aromatic carbocycles. The summed E-state index contributed by atoms with van der Waals surface area (Å²) in [5, 5.41) is 0. The van der Waals surface area contributed by atoms with E-state index in [0.717, 1.165) is 6.61 Å². The van der Waals surface area contributed by atoms with Crippen molar-refractivity contribution in [3.8, 4) is 0 Å². The van der Waals surface area contributed by atoms with Crippen LogP contribution in [0.15, 0.2) is 0 Å². The molecule has 0 aliphatic heterocycles. The molecule has 60 valence electrons. The highest BCUT2D eigenvalue weighted by Gasteiger charge is 2.41. The minimum Gasteiger partial charge on any atom is -0.304 e. The van der Waals surface area contributed by atoms with Gasteiger partial charge in [-0.2, -0.15) is 0 Å². The summed E-state index contributed by atoms with van der Waals surface area (Å²) in [5.41, 5.74) is 0.505. The van der Waals surface area contributed by atoms with Gasteiger partial charge >= 0.3 is 0 Å². The standard InChI is InChI=1S/C8H17NO/c1-2-3-4-8(5-6-8)7-10-9/h2-7,9H2,1H3. The molecular formula is C8H17NO. The molecule has 0 amide bonds. The highest BCUT2D eigenvalue weighted by molar-refractivity contribution is 4.92. The summed E-state index contributed by atoms with van der Waals surface area (Å²) in [6.45, 7) is 2.99. The molecule has 1 saturated carbocycles. The van der Waals surface area contributed by atoms with Crippen molar-refractivity contribution in [2.24, 2.45) is 11.3 Å². The summed E-state index contributed by atoms with van der Waals surface area (Å²) in [5.74, 6) is 5.03. The van der Waals surface area contributed by atoms with E-state index in [2.05, 4.69) is 11.8 Å². The van der Waals surface area contributed by atoms with Gasteiger partial charge in [0.05, 0.1) is 6.61 Å². The molecular weight excluding hydrogens is 126 g/mol. The predicted molar refractivity (Wildman–Crippen MR) is 41.3 cm³/mol. The molecule has 2 nitrogen and oxygen atoms in total. The third kappa shape index (κ3) is 1.96. The molecule has 0 radical (unpaired) electrons. The topological polar surface area (TPSA) is 35.2 Å². The molecule has 0 saturated heterocycles. The van der Waals surface area contributed by atoms with Crippen molar-refractivity contribution in [1.29, 1.82) is 0 Å². The van der Waals surface area contributed by atoms with Crippen LogP contribution in [0.25, 0.3) is 0 Å².